The van der Waals surface area contributed by atoms with Crippen molar-refractivity contribution in [1.82, 2.24) is 0 Å². The van der Waals surface area contributed by atoms with Gasteiger partial charge in [0.05, 0.1) is 0 Å². The van der Waals surface area contributed by atoms with E-state index < -0.39 is 0 Å². The van der Waals surface area contributed by atoms with Crippen LogP contribution in [0, 0.1) is 0 Å². The van der Waals surface area contributed by atoms with E-state index in [2.05, 4.69) is 11.5 Å². The van der Waals surface area contributed by atoms with Gasteiger partial charge in [0.15, 0.2) is 5.78 Å². The minimum Gasteiger partial charge on any atom is -0.288 e. The fourth-order valence-corrected chi connectivity index (χ4v) is 1.84. The molecule has 0 heterocycles. The highest BCUT2D eigenvalue weighted by molar-refractivity contribution is 6.08. The first-order valence-electron chi connectivity index (χ1n) is 5.31. The van der Waals surface area contributed by atoms with Gasteiger partial charge in [-0.15, -0.1) is 11.5 Å². The molecule has 2 aliphatic rings. The highest BCUT2D eigenvalue weighted by Crippen LogP contribution is 2.20. The standard InChI is InChI=1S/C13H14O/c14-13(11-7-3-1-4-8-11)12-9-5-2-6-10-12/h3,5H,1-2,4,6,8,10H2. The fourth-order valence-electron chi connectivity index (χ4n) is 1.84. The summed E-state index contributed by atoms with van der Waals surface area (Å²) >= 11 is 0. The number of rotatable bonds is 2. The molecule has 0 radical (unpaired) electrons. The molecule has 0 aliphatic heterocycles. The minimum absolute atomic E-state index is 0.178. The fraction of sp³-hybridized carbons (Fsp3) is 0.462. The lowest BCUT2D eigenvalue weighted by Gasteiger charge is -2.09. The molecule has 0 saturated carbocycles. The molecule has 0 unspecified atom stereocenters. The average Bonchev–Trinajstić information content (AvgIpc) is 2.30. The molecule has 0 atom stereocenters. The molecule has 0 fully saturated rings. The largest absolute Gasteiger partial charge is 0.288 e. The Morgan fingerprint density at radius 3 is 1.86 bits per heavy atom. The maximum atomic E-state index is 11.9. The SMILES string of the molecule is O=C(C1=C=CCCC1)C1=C=CCCC1. The lowest BCUT2D eigenvalue weighted by molar-refractivity contribution is -0.112. The van der Waals surface area contributed by atoms with Crippen LogP contribution < -0.4 is 0 Å². The number of allylic oxidation sites excluding steroid dienone is 2. The summed E-state index contributed by atoms with van der Waals surface area (Å²) in [4.78, 5) is 11.9. The second kappa shape index (κ2) is 4.28. The van der Waals surface area contributed by atoms with Gasteiger partial charge in [0.1, 0.15) is 0 Å². The van der Waals surface area contributed by atoms with Crippen molar-refractivity contribution in [3.05, 3.63) is 34.8 Å². The van der Waals surface area contributed by atoms with Crippen molar-refractivity contribution in [1.29, 1.82) is 0 Å². The van der Waals surface area contributed by atoms with E-state index in [-0.39, 0.29) is 5.78 Å². The highest BCUT2D eigenvalue weighted by Gasteiger charge is 2.16. The van der Waals surface area contributed by atoms with Crippen LogP contribution in [0.3, 0.4) is 0 Å². The normalized spacial score (nSPS) is 20.3. The number of hydrogen-bond acceptors (Lipinski definition) is 1. The quantitative estimate of drug-likeness (QED) is 0.606. The molecule has 1 heteroatoms. The molecule has 0 aromatic heterocycles. The van der Waals surface area contributed by atoms with Gasteiger partial charge in [-0.1, -0.05) is 0 Å². The Labute approximate surface area is 84.5 Å². The molecule has 0 saturated heterocycles. The van der Waals surface area contributed by atoms with Gasteiger partial charge in [-0.05, 0) is 50.7 Å². The second-order valence-electron chi connectivity index (χ2n) is 3.77. The molecule has 0 aromatic carbocycles. The third-order valence-electron chi connectivity index (χ3n) is 2.65. The Morgan fingerprint density at radius 1 is 1.00 bits per heavy atom. The number of hydrogen-bond donors (Lipinski definition) is 0. The monoisotopic (exact) mass is 186 g/mol. The molecule has 0 N–H and O–H groups in total. The number of Topliss-reactive ketones (excluding diaryl/α,β-unsaturated/α-hetero) is 1. The first-order valence-corrected chi connectivity index (χ1v) is 5.31. The predicted octanol–water partition coefficient (Wildman–Crippen LogP) is 3.09. The van der Waals surface area contributed by atoms with E-state index in [1.165, 1.54) is 0 Å². The number of carbonyl (C=O) groups is 1. The van der Waals surface area contributed by atoms with Crippen molar-refractivity contribution in [3.63, 3.8) is 0 Å². The topological polar surface area (TPSA) is 17.1 Å². The van der Waals surface area contributed by atoms with Gasteiger partial charge in [-0.3, -0.25) is 4.79 Å². The lowest BCUT2D eigenvalue weighted by atomic mass is 9.92. The van der Waals surface area contributed by atoms with Crippen molar-refractivity contribution in [2.24, 2.45) is 0 Å². The zero-order chi connectivity index (χ0) is 9.80. The molecule has 14 heavy (non-hydrogen) atoms. The van der Waals surface area contributed by atoms with Crippen LogP contribution in [0.2, 0.25) is 0 Å². The average molecular weight is 186 g/mol. The minimum atomic E-state index is 0.178. The Morgan fingerprint density at radius 2 is 1.50 bits per heavy atom. The maximum Gasteiger partial charge on any atom is 0.200 e. The summed E-state index contributed by atoms with van der Waals surface area (Å²) in [6.45, 7) is 0. The molecule has 2 rings (SSSR count). The van der Waals surface area contributed by atoms with Crippen molar-refractivity contribution in [2.75, 3.05) is 0 Å². The van der Waals surface area contributed by atoms with Crippen LogP contribution in [0.5, 0.6) is 0 Å². The Bertz CT molecular complexity index is 336. The zero-order valence-corrected chi connectivity index (χ0v) is 8.31. The van der Waals surface area contributed by atoms with E-state index in [0.717, 1.165) is 49.7 Å². The summed E-state index contributed by atoms with van der Waals surface area (Å²) < 4.78 is 0. The molecule has 0 aromatic rings. The second-order valence-corrected chi connectivity index (χ2v) is 3.77. The van der Waals surface area contributed by atoms with Crippen LogP contribution in [0.15, 0.2) is 34.8 Å². The van der Waals surface area contributed by atoms with E-state index in [4.69, 9.17) is 0 Å². The molecule has 1 nitrogen and oxygen atoms in total. The first-order chi connectivity index (χ1) is 6.88. The zero-order valence-electron chi connectivity index (χ0n) is 8.31. The van der Waals surface area contributed by atoms with E-state index in [1.54, 1.807) is 0 Å². The van der Waals surface area contributed by atoms with Crippen LogP contribution >= 0.6 is 0 Å². The van der Waals surface area contributed by atoms with Crippen molar-refractivity contribution >= 4 is 5.78 Å². The third kappa shape index (κ3) is 1.96. The van der Waals surface area contributed by atoms with Crippen molar-refractivity contribution in [2.45, 2.75) is 38.5 Å². The molecular formula is C13H14O. The van der Waals surface area contributed by atoms with Gasteiger partial charge in [0.25, 0.3) is 0 Å². The van der Waals surface area contributed by atoms with Gasteiger partial charge in [-0.25, -0.2) is 0 Å². The smallest absolute Gasteiger partial charge is 0.200 e. The molecule has 2 aliphatic carbocycles. The Hall–Kier alpha value is -1.29. The number of ketones is 1. The summed E-state index contributed by atoms with van der Waals surface area (Å²) in [5.74, 6) is 0.178. The molecule has 0 amide bonds. The predicted molar refractivity (Wildman–Crippen MR) is 55.9 cm³/mol. The van der Waals surface area contributed by atoms with E-state index in [1.807, 2.05) is 12.2 Å². The van der Waals surface area contributed by atoms with Crippen LogP contribution in [0.25, 0.3) is 0 Å². The third-order valence-corrected chi connectivity index (χ3v) is 2.65. The van der Waals surface area contributed by atoms with Crippen LogP contribution in [0.4, 0.5) is 0 Å². The summed E-state index contributed by atoms with van der Waals surface area (Å²) in [7, 11) is 0. The summed E-state index contributed by atoms with van der Waals surface area (Å²) in [5.41, 5.74) is 7.88. The Balaban J connectivity index is 2.23. The maximum absolute atomic E-state index is 11.9. The molecular weight excluding hydrogens is 172 g/mol. The van der Waals surface area contributed by atoms with Crippen molar-refractivity contribution in [3.8, 4) is 0 Å². The van der Waals surface area contributed by atoms with Gasteiger partial charge in [0, 0.05) is 11.1 Å². The van der Waals surface area contributed by atoms with Gasteiger partial charge >= 0.3 is 0 Å². The van der Waals surface area contributed by atoms with Crippen LogP contribution in [-0.4, -0.2) is 5.78 Å². The highest BCUT2D eigenvalue weighted by atomic mass is 16.1. The molecule has 0 spiro atoms. The summed E-state index contributed by atoms with van der Waals surface area (Å²) in [6.07, 6.45) is 10.0. The van der Waals surface area contributed by atoms with Crippen LogP contribution in [-0.2, 0) is 4.79 Å². The van der Waals surface area contributed by atoms with E-state index in [0.29, 0.717) is 0 Å². The van der Waals surface area contributed by atoms with Gasteiger partial charge in [-0.2, -0.15) is 0 Å². The van der Waals surface area contributed by atoms with E-state index in [9.17, 15) is 4.79 Å². The molecule has 0 bridgehead atoms. The Kier molecular flexibility index (Phi) is 2.84. The molecule has 72 valence electrons. The number of carbonyl (C=O) groups excluding carboxylic acids is 1. The van der Waals surface area contributed by atoms with Gasteiger partial charge in [0.2, 0.25) is 0 Å². The van der Waals surface area contributed by atoms with Crippen molar-refractivity contribution < 1.29 is 4.79 Å². The summed E-state index contributed by atoms with van der Waals surface area (Å²) in [5, 5.41) is 0. The van der Waals surface area contributed by atoms with E-state index >= 15 is 0 Å². The first kappa shape index (κ1) is 9.27. The lowest BCUT2D eigenvalue weighted by Crippen LogP contribution is -2.07. The van der Waals surface area contributed by atoms with Crippen LogP contribution in [0.1, 0.15) is 38.5 Å². The van der Waals surface area contributed by atoms with Gasteiger partial charge < -0.3 is 0 Å². The summed E-state index contributed by atoms with van der Waals surface area (Å²) in [6, 6.07) is 0.